The molecule has 0 fully saturated rings. The van der Waals surface area contributed by atoms with E-state index in [-0.39, 0.29) is 12.4 Å². The van der Waals surface area contributed by atoms with Gasteiger partial charge in [-0.05, 0) is 12.2 Å². The minimum absolute atomic E-state index is 0. The van der Waals surface area contributed by atoms with Gasteiger partial charge in [0.05, 0.1) is 7.05 Å². The number of nitrogens with zero attached hydrogens (tertiary/aromatic N) is 2. The number of imidazole rings is 1. The SMILES string of the molecule is CC(=S)OCn1cc[n+](C)c1.[Cl-]. The largest absolute Gasteiger partial charge is 1.00 e. The van der Waals surface area contributed by atoms with Gasteiger partial charge in [-0.25, -0.2) is 9.13 Å². The van der Waals surface area contributed by atoms with E-state index >= 15 is 0 Å². The van der Waals surface area contributed by atoms with Crippen molar-refractivity contribution in [2.24, 2.45) is 7.05 Å². The van der Waals surface area contributed by atoms with Crippen LogP contribution in [-0.4, -0.2) is 9.62 Å². The summed E-state index contributed by atoms with van der Waals surface area (Å²) in [6, 6.07) is 0. The first kappa shape index (κ1) is 11.4. The Labute approximate surface area is 83.4 Å². The zero-order valence-electron chi connectivity index (χ0n) is 7.03. The fraction of sp³-hybridized carbons (Fsp3) is 0.429. The minimum Gasteiger partial charge on any atom is -1.00 e. The highest BCUT2D eigenvalue weighted by molar-refractivity contribution is 7.80. The van der Waals surface area contributed by atoms with Gasteiger partial charge in [0.25, 0.3) is 0 Å². The molecule has 0 aliphatic rings. The number of hydrogen-bond acceptors (Lipinski definition) is 2. The topological polar surface area (TPSA) is 18.0 Å². The Morgan fingerprint density at radius 1 is 1.67 bits per heavy atom. The van der Waals surface area contributed by atoms with Gasteiger partial charge >= 0.3 is 0 Å². The van der Waals surface area contributed by atoms with E-state index in [1.165, 1.54) is 0 Å². The van der Waals surface area contributed by atoms with E-state index < -0.39 is 0 Å². The molecule has 0 atom stereocenters. The number of ether oxygens (including phenoxy) is 1. The second kappa shape index (κ2) is 5.11. The lowest BCUT2D eigenvalue weighted by Crippen LogP contribution is -3.00. The highest BCUT2D eigenvalue weighted by Crippen LogP contribution is 1.87. The van der Waals surface area contributed by atoms with Crippen LogP contribution in [0.15, 0.2) is 18.7 Å². The summed E-state index contributed by atoms with van der Waals surface area (Å²) in [7, 11) is 1.96. The van der Waals surface area contributed by atoms with Crippen molar-refractivity contribution in [1.29, 1.82) is 0 Å². The van der Waals surface area contributed by atoms with Gasteiger partial charge in [0.15, 0.2) is 5.05 Å². The molecule has 1 rings (SSSR count). The first-order valence-corrected chi connectivity index (χ1v) is 3.73. The van der Waals surface area contributed by atoms with E-state index in [1.807, 2.05) is 34.9 Å². The Balaban J connectivity index is 0.00000121. The number of hydrogen-bond donors (Lipinski definition) is 0. The standard InChI is InChI=1S/C7H11N2OS.ClH/c1-7(11)10-6-9-4-3-8(2)5-9;/h3-5H,6H2,1-2H3;1H/q+1;/p-1. The average molecular weight is 207 g/mol. The summed E-state index contributed by atoms with van der Waals surface area (Å²) in [5.41, 5.74) is 0. The zero-order valence-corrected chi connectivity index (χ0v) is 8.60. The van der Waals surface area contributed by atoms with E-state index in [0.717, 1.165) is 0 Å². The molecule has 0 amide bonds. The third kappa shape index (κ3) is 3.69. The monoisotopic (exact) mass is 206 g/mol. The molecule has 0 saturated heterocycles. The minimum atomic E-state index is 0. The van der Waals surface area contributed by atoms with Gasteiger partial charge in [-0.2, -0.15) is 0 Å². The first-order valence-electron chi connectivity index (χ1n) is 3.33. The third-order valence-corrected chi connectivity index (χ3v) is 1.36. The molecule has 0 N–H and O–H groups in total. The molecule has 68 valence electrons. The van der Waals surface area contributed by atoms with Gasteiger partial charge in [-0.3, -0.25) is 0 Å². The lowest BCUT2D eigenvalue weighted by molar-refractivity contribution is -0.671. The van der Waals surface area contributed by atoms with Gasteiger partial charge < -0.3 is 17.1 Å². The van der Waals surface area contributed by atoms with Gasteiger partial charge in [-0.1, -0.05) is 0 Å². The molecular weight excluding hydrogens is 196 g/mol. The molecule has 0 unspecified atom stereocenters. The Morgan fingerprint density at radius 2 is 2.33 bits per heavy atom. The Hall–Kier alpha value is -0.610. The molecule has 0 aromatic carbocycles. The number of aryl methyl sites for hydroxylation is 1. The summed E-state index contributed by atoms with van der Waals surface area (Å²) in [5.74, 6) is 0. The number of thiocarbonyl (C=S) groups is 1. The molecule has 0 aliphatic carbocycles. The Bertz CT molecular complexity index is 262. The zero-order chi connectivity index (χ0) is 8.27. The summed E-state index contributed by atoms with van der Waals surface area (Å²) < 4.78 is 8.98. The number of rotatable bonds is 2. The fourth-order valence-electron chi connectivity index (χ4n) is 0.744. The van der Waals surface area contributed by atoms with E-state index in [9.17, 15) is 0 Å². The first-order chi connectivity index (χ1) is 5.18. The quantitative estimate of drug-likeness (QED) is 0.398. The van der Waals surface area contributed by atoms with Crippen LogP contribution in [0.4, 0.5) is 0 Å². The van der Waals surface area contributed by atoms with Crippen LogP contribution in [0.5, 0.6) is 0 Å². The van der Waals surface area contributed by atoms with E-state index in [0.29, 0.717) is 11.8 Å². The number of aromatic nitrogens is 2. The van der Waals surface area contributed by atoms with Gasteiger partial charge in [0.1, 0.15) is 12.4 Å². The van der Waals surface area contributed by atoms with E-state index in [2.05, 4.69) is 0 Å². The van der Waals surface area contributed by atoms with E-state index in [1.54, 1.807) is 6.92 Å². The average Bonchev–Trinajstić information content (AvgIpc) is 2.31. The van der Waals surface area contributed by atoms with Crippen molar-refractivity contribution in [3.05, 3.63) is 18.7 Å². The second-order valence-corrected chi connectivity index (χ2v) is 2.93. The highest BCUT2D eigenvalue weighted by Gasteiger charge is 1.98. The van der Waals surface area contributed by atoms with Crippen molar-refractivity contribution in [2.45, 2.75) is 13.7 Å². The molecule has 12 heavy (non-hydrogen) atoms. The van der Waals surface area contributed by atoms with Crippen molar-refractivity contribution >= 4 is 17.3 Å². The second-order valence-electron chi connectivity index (χ2n) is 2.36. The van der Waals surface area contributed by atoms with E-state index in [4.69, 9.17) is 17.0 Å². The molecule has 1 aromatic rings. The van der Waals surface area contributed by atoms with Crippen LogP contribution < -0.4 is 17.0 Å². The van der Waals surface area contributed by atoms with Crippen LogP contribution in [0.2, 0.25) is 0 Å². The summed E-state index contributed by atoms with van der Waals surface area (Å²) in [4.78, 5) is 0. The van der Waals surface area contributed by atoms with Crippen LogP contribution in [0.25, 0.3) is 0 Å². The smallest absolute Gasteiger partial charge is 0.246 e. The maximum atomic E-state index is 5.12. The molecule has 5 heteroatoms. The van der Waals surface area contributed by atoms with Crippen LogP contribution in [0, 0.1) is 0 Å². The van der Waals surface area contributed by atoms with Crippen LogP contribution in [-0.2, 0) is 18.5 Å². The van der Waals surface area contributed by atoms with Crippen molar-refractivity contribution in [3.63, 3.8) is 0 Å². The molecule has 0 saturated carbocycles. The van der Waals surface area contributed by atoms with Crippen molar-refractivity contribution in [3.8, 4) is 0 Å². The lowest BCUT2D eigenvalue weighted by Gasteiger charge is -1.97. The predicted octanol–water partition coefficient (Wildman–Crippen LogP) is -2.36. The Morgan fingerprint density at radius 3 is 2.75 bits per heavy atom. The van der Waals surface area contributed by atoms with Crippen molar-refractivity contribution in [2.75, 3.05) is 0 Å². The molecule has 0 radical (unpaired) electrons. The third-order valence-electron chi connectivity index (χ3n) is 1.24. The molecule has 0 aliphatic heterocycles. The summed E-state index contributed by atoms with van der Waals surface area (Å²) in [6.45, 7) is 2.26. The van der Waals surface area contributed by atoms with Crippen molar-refractivity contribution < 1.29 is 21.7 Å². The maximum absolute atomic E-state index is 5.12. The van der Waals surface area contributed by atoms with Crippen LogP contribution in [0.3, 0.4) is 0 Å². The van der Waals surface area contributed by atoms with Crippen molar-refractivity contribution in [1.82, 2.24) is 4.57 Å². The van der Waals surface area contributed by atoms with Crippen LogP contribution >= 0.6 is 12.2 Å². The van der Waals surface area contributed by atoms with Crippen LogP contribution in [0.1, 0.15) is 6.92 Å². The Kier molecular flexibility index (Phi) is 4.85. The molecule has 1 aromatic heterocycles. The summed E-state index contributed by atoms with van der Waals surface area (Å²) in [5, 5.41) is 0.571. The highest BCUT2D eigenvalue weighted by atomic mass is 35.5. The lowest BCUT2D eigenvalue weighted by atomic mass is 10.8. The maximum Gasteiger partial charge on any atom is 0.246 e. The molecule has 0 bridgehead atoms. The predicted molar refractivity (Wildman–Crippen MR) is 45.0 cm³/mol. The normalized spacial score (nSPS) is 8.83. The molecule has 1 heterocycles. The fourth-order valence-corrected chi connectivity index (χ4v) is 0.796. The van der Waals surface area contributed by atoms with Gasteiger partial charge in [0, 0.05) is 6.92 Å². The molecule has 3 nitrogen and oxygen atoms in total. The number of halogens is 1. The van der Waals surface area contributed by atoms with Gasteiger partial charge in [0.2, 0.25) is 13.1 Å². The summed E-state index contributed by atoms with van der Waals surface area (Å²) in [6.07, 6.45) is 5.80. The molecule has 0 spiro atoms. The molecular formula is C7H11ClN2OS. The van der Waals surface area contributed by atoms with Gasteiger partial charge in [-0.15, -0.1) is 0 Å². The summed E-state index contributed by atoms with van der Waals surface area (Å²) >= 11 is 4.76.